The Balaban J connectivity index is 1.23. The van der Waals surface area contributed by atoms with Crippen LogP contribution in [0.3, 0.4) is 0 Å². The molecule has 148 valence electrons. The molecule has 0 saturated carbocycles. The van der Waals surface area contributed by atoms with E-state index >= 15 is 0 Å². The van der Waals surface area contributed by atoms with E-state index in [1.54, 1.807) is 23.7 Å². The fourth-order valence-electron chi connectivity index (χ4n) is 4.48. The minimum absolute atomic E-state index is 0.546. The van der Waals surface area contributed by atoms with Crippen LogP contribution in [0.5, 0.6) is 0 Å². The van der Waals surface area contributed by atoms with Crippen LogP contribution in [0.1, 0.15) is 25.7 Å². The van der Waals surface area contributed by atoms with E-state index in [0.29, 0.717) is 29.6 Å². The summed E-state index contributed by atoms with van der Waals surface area (Å²) < 4.78 is 0. The van der Waals surface area contributed by atoms with E-state index in [1.807, 2.05) is 12.1 Å². The quantitative estimate of drug-likeness (QED) is 0.477. The molecule has 3 N–H and O–H groups in total. The second-order valence-electron chi connectivity index (χ2n) is 7.90. The summed E-state index contributed by atoms with van der Waals surface area (Å²) in [6.45, 7) is 0. The van der Waals surface area contributed by atoms with Gasteiger partial charge in [0.1, 0.15) is 5.69 Å². The lowest BCUT2D eigenvalue weighted by Crippen LogP contribution is -2.47. The maximum atomic E-state index is 4.81. The molecule has 0 amide bonds. The van der Waals surface area contributed by atoms with E-state index in [9.17, 15) is 0 Å². The highest BCUT2D eigenvalue weighted by molar-refractivity contribution is 7.21. The van der Waals surface area contributed by atoms with Gasteiger partial charge in [-0.3, -0.25) is 5.10 Å². The van der Waals surface area contributed by atoms with Crippen LogP contribution in [0.4, 0.5) is 5.13 Å². The van der Waals surface area contributed by atoms with Crippen molar-refractivity contribution in [3.8, 4) is 22.8 Å². The van der Waals surface area contributed by atoms with Crippen LogP contribution in [0.2, 0.25) is 0 Å². The van der Waals surface area contributed by atoms with Gasteiger partial charge in [-0.05, 0) is 37.8 Å². The highest BCUT2D eigenvalue weighted by atomic mass is 32.1. The first-order chi connectivity index (χ1) is 14.2. The number of hydrogen-bond donors (Lipinski definition) is 3. The molecule has 2 saturated heterocycles. The Bertz CT molecular complexity index is 1090. The molecule has 4 aromatic heterocycles. The number of hydrogen-bond acceptors (Lipinski definition) is 8. The Hall–Kier alpha value is -2.85. The Morgan fingerprint density at radius 1 is 1.07 bits per heavy atom. The smallest absolute Gasteiger partial charge is 0.189 e. The summed E-state index contributed by atoms with van der Waals surface area (Å²) >= 11 is 1.63. The third kappa shape index (κ3) is 2.99. The molecule has 1 unspecified atom stereocenters. The van der Waals surface area contributed by atoms with Crippen LogP contribution >= 0.6 is 11.3 Å². The van der Waals surface area contributed by atoms with Crippen LogP contribution in [0.25, 0.3) is 33.3 Å². The van der Waals surface area contributed by atoms with Crippen molar-refractivity contribution in [1.82, 2.24) is 40.7 Å². The molecule has 6 heterocycles. The maximum Gasteiger partial charge on any atom is 0.189 e. The third-order valence-electron chi connectivity index (χ3n) is 6.05. The van der Waals surface area contributed by atoms with Crippen molar-refractivity contribution < 1.29 is 0 Å². The summed E-state index contributed by atoms with van der Waals surface area (Å²) in [5.41, 5.74) is 3.19. The van der Waals surface area contributed by atoms with Gasteiger partial charge in [0.25, 0.3) is 0 Å². The molecule has 2 bridgehead atoms. The lowest BCUT2D eigenvalue weighted by atomic mass is 9.99. The van der Waals surface area contributed by atoms with Gasteiger partial charge in [-0.15, -0.1) is 10.2 Å². The fraction of sp³-hybridized carbons (Fsp3) is 0.421. The number of H-pyrrole nitrogens is 2. The number of aromatic amines is 2. The van der Waals surface area contributed by atoms with Crippen molar-refractivity contribution in [2.24, 2.45) is 0 Å². The van der Waals surface area contributed by atoms with E-state index < -0.39 is 0 Å². The predicted octanol–water partition coefficient (Wildman–Crippen LogP) is 2.59. The predicted molar refractivity (Wildman–Crippen MR) is 112 cm³/mol. The largest absolute Gasteiger partial charge is 0.348 e. The van der Waals surface area contributed by atoms with Crippen molar-refractivity contribution in [2.45, 2.75) is 43.8 Å². The minimum atomic E-state index is 0.546. The number of fused-ring (bicyclic) bond motifs is 3. The van der Waals surface area contributed by atoms with Gasteiger partial charge in [-0.25, -0.2) is 9.97 Å². The second-order valence-corrected chi connectivity index (χ2v) is 8.86. The molecule has 9 nitrogen and oxygen atoms in total. The summed E-state index contributed by atoms with van der Waals surface area (Å²) in [7, 11) is 2.16. The average molecular weight is 408 g/mol. The Labute approximate surface area is 171 Å². The summed E-state index contributed by atoms with van der Waals surface area (Å²) in [5, 5.41) is 20.0. The van der Waals surface area contributed by atoms with Crippen molar-refractivity contribution in [3.63, 3.8) is 0 Å². The number of rotatable bonds is 4. The summed E-state index contributed by atoms with van der Waals surface area (Å²) in [4.78, 5) is 16.1. The second kappa shape index (κ2) is 6.60. The molecular weight excluding hydrogens is 386 g/mol. The monoisotopic (exact) mass is 407 g/mol. The van der Waals surface area contributed by atoms with Crippen LogP contribution in [0.15, 0.2) is 24.5 Å². The molecule has 2 fully saturated rings. The normalized spacial score (nSPS) is 23.7. The van der Waals surface area contributed by atoms with E-state index in [2.05, 4.69) is 42.6 Å². The Morgan fingerprint density at radius 2 is 1.86 bits per heavy atom. The van der Waals surface area contributed by atoms with E-state index in [1.165, 1.54) is 25.7 Å². The first-order valence-corrected chi connectivity index (χ1v) is 10.7. The lowest BCUT2D eigenvalue weighted by Gasteiger charge is -2.35. The summed E-state index contributed by atoms with van der Waals surface area (Å²) in [5.74, 6) is 0.694. The molecule has 4 aromatic rings. The number of piperidine rings is 1. The van der Waals surface area contributed by atoms with Gasteiger partial charge < -0.3 is 15.2 Å². The minimum Gasteiger partial charge on any atom is -0.348 e. The van der Waals surface area contributed by atoms with Crippen molar-refractivity contribution >= 4 is 26.9 Å². The van der Waals surface area contributed by atoms with E-state index in [0.717, 1.165) is 26.9 Å². The van der Waals surface area contributed by atoms with Crippen LogP contribution in [-0.2, 0) is 0 Å². The highest BCUT2D eigenvalue weighted by Gasteiger charge is 2.36. The topological polar surface area (TPSA) is 111 Å². The van der Waals surface area contributed by atoms with Gasteiger partial charge in [-0.2, -0.15) is 5.10 Å². The number of thiazole rings is 1. The number of imidazole rings is 1. The molecule has 6 rings (SSSR count). The van der Waals surface area contributed by atoms with Gasteiger partial charge in [0.2, 0.25) is 0 Å². The van der Waals surface area contributed by atoms with Crippen molar-refractivity contribution in [2.75, 3.05) is 11.9 Å². The fourth-order valence-corrected chi connectivity index (χ4v) is 5.41. The van der Waals surface area contributed by atoms with Crippen LogP contribution < -0.4 is 10.2 Å². The first kappa shape index (κ1) is 17.0. The number of aromatic nitrogens is 7. The third-order valence-corrected chi connectivity index (χ3v) is 7.09. The molecule has 0 radical (unpaired) electrons. The van der Waals surface area contributed by atoms with Crippen molar-refractivity contribution in [1.29, 1.82) is 0 Å². The Kier molecular flexibility index (Phi) is 3.88. The van der Waals surface area contributed by atoms with Crippen LogP contribution in [-0.4, -0.2) is 60.5 Å². The molecule has 29 heavy (non-hydrogen) atoms. The van der Waals surface area contributed by atoms with Gasteiger partial charge in [-0.1, -0.05) is 11.3 Å². The average Bonchev–Trinajstić information content (AvgIpc) is 3.51. The Morgan fingerprint density at radius 3 is 2.55 bits per heavy atom. The molecule has 2 aliphatic rings. The molecule has 2 aliphatic heterocycles. The molecular formula is C19H21N9S. The molecule has 0 aliphatic carbocycles. The van der Waals surface area contributed by atoms with Gasteiger partial charge in [0, 0.05) is 36.9 Å². The van der Waals surface area contributed by atoms with Crippen molar-refractivity contribution in [3.05, 3.63) is 24.5 Å². The van der Waals surface area contributed by atoms with E-state index in [4.69, 9.17) is 9.97 Å². The molecule has 0 spiro atoms. The van der Waals surface area contributed by atoms with Gasteiger partial charge >= 0.3 is 0 Å². The maximum absolute atomic E-state index is 4.81. The van der Waals surface area contributed by atoms with E-state index in [-0.39, 0.29) is 0 Å². The zero-order chi connectivity index (χ0) is 19.4. The molecule has 3 atom stereocenters. The summed E-state index contributed by atoms with van der Waals surface area (Å²) in [6.07, 6.45) is 8.51. The van der Waals surface area contributed by atoms with Gasteiger partial charge in [0.05, 0.1) is 11.9 Å². The molecule has 10 heteroatoms. The first-order valence-electron chi connectivity index (χ1n) is 9.91. The van der Waals surface area contributed by atoms with Crippen LogP contribution in [0, 0.1) is 0 Å². The molecule has 0 aromatic carbocycles. The lowest BCUT2D eigenvalue weighted by molar-refractivity contribution is 0.354. The number of nitrogens with zero attached hydrogens (tertiary/aromatic N) is 6. The number of anilines is 1. The van der Waals surface area contributed by atoms with Gasteiger partial charge in [0.15, 0.2) is 21.4 Å². The number of nitrogens with one attached hydrogen (secondary N) is 3. The summed E-state index contributed by atoms with van der Waals surface area (Å²) in [6, 6.07) is 5.71. The zero-order valence-electron chi connectivity index (χ0n) is 16.0. The zero-order valence-corrected chi connectivity index (χ0v) is 16.8. The SMILES string of the molecule is CN(c1nc2[nH]c(-c3ccc(-c4cn[nH]c4)nn3)nc2s1)C1C[C@H]2CC[C@@H](C1)N2. The highest BCUT2D eigenvalue weighted by Crippen LogP contribution is 2.35. The standard InChI is InChI=1S/C19H21N9S/c1-28(13-6-11-2-3-12(7-13)22-11)19-25-17-18(29-19)24-16(23-17)15-5-4-14(26-27-15)10-8-20-21-9-10/h4-5,8-9,11-13,22H,2-3,6-7H2,1H3,(H,20,21)(H,23,24)/t11-,12+,13?.